The summed E-state index contributed by atoms with van der Waals surface area (Å²) in [4.78, 5) is 38.2. The first-order valence-corrected chi connectivity index (χ1v) is 7.93. The Balaban J connectivity index is 1.95. The molecule has 0 atom stereocenters. The highest BCUT2D eigenvalue weighted by Crippen LogP contribution is 2.33. The summed E-state index contributed by atoms with van der Waals surface area (Å²) in [6.45, 7) is 3.28. The Bertz CT molecular complexity index is 923. The molecule has 0 saturated carbocycles. The number of anilines is 1. The number of hydrogen-bond donors (Lipinski definition) is 0. The number of carbonyl (C=O) groups is 3. The number of hydrogen-bond acceptors (Lipinski definition) is 4. The Morgan fingerprint density at radius 3 is 2.44 bits per heavy atom. The normalized spacial score (nSPS) is 13.0. The van der Waals surface area contributed by atoms with Crippen LogP contribution < -0.4 is 4.90 Å². The van der Waals surface area contributed by atoms with E-state index in [-0.39, 0.29) is 39.0 Å². The summed E-state index contributed by atoms with van der Waals surface area (Å²) in [5.74, 6) is -1.72. The fourth-order valence-corrected chi connectivity index (χ4v) is 2.72. The quantitative estimate of drug-likeness (QED) is 0.597. The van der Waals surface area contributed by atoms with Crippen molar-refractivity contribution < 1.29 is 19.1 Å². The van der Waals surface area contributed by atoms with Gasteiger partial charge in [-0.1, -0.05) is 41.9 Å². The van der Waals surface area contributed by atoms with Gasteiger partial charge < -0.3 is 4.74 Å². The Labute approximate surface area is 153 Å². The average Bonchev–Trinajstić information content (AvgIpc) is 2.84. The van der Waals surface area contributed by atoms with E-state index in [1.165, 1.54) is 18.2 Å². The zero-order valence-electron chi connectivity index (χ0n) is 12.8. The highest BCUT2D eigenvalue weighted by atomic mass is 35.5. The van der Waals surface area contributed by atoms with Crippen LogP contribution in [0.3, 0.4) is 0 Å². The number of fused-ring (bicyclic) bond motifs is 1. The van der Waals surface area contributed by atoms with Gasteiger partial charge in [-0.3, -0.25) is 9.59 Å². The van der Waals surface area contributed by atoms with Crippen LogP contribution in [0.2, 0.25) is 5.02 Å². The topological polar surface area (TPSA) is 63.7 Å². The lowest BCUT2D eigenvalue weighted by Gasteiger charge is -2.15. The van der Waals surface area contributed by atoms with Gasteiger partial charge in [0.15, 0.2) is 0 Å². The van der Waals surface area contributed by atoms with Crippen LogP contribution >= 0.6 is 23.2 Å². The fourth-order valence-electron chi connectivity index (χ4n) is 2.45. The summed E-state index contributed by atoms with van der Waals surface area (Å²) in [5, 5.41) is 0.447. The van der Waals surface area contributed by atoms with Gasteiger partial charge >= 0.3 is 5.97 Å². The molecule has 0 radical (unpaired) electrons. The Hall–Kier alpha value is -2.63. The van der Waals surface area contributed by atoms with Crippen LogP contribution in [0.15, 0.2) is 54.1 Å². The summed E-state index contributed by atoms with van der Waals surface area (Å²) in [6.07, 6.45) is 0. The molecule has 0 unspecified atom stereocenters. The number of nitrogens with zero attached hydrogens (tertiary/aromatic N) is 1. The van der Waals surface area contributed by atoms with E-state index in [9.17, 15) is 14.4 Å². The smallest absolute Gasteiger partial charge is 0.338 e. The molecule has 2 amide bonds. The standard InChI is InChI=1S/C18H11Cl2NO4/c1-10(19)9-25-18(24)11-6-7-12-13(8-11)17(23)21(16(12)22)15-5-3-2-4-14(15)20/h2-8H,1,9H2. The molecule has 7 heteroatoms. The minimum atomic E-state index is -0.666. The molecule has 0 bridgehead atoms. The molecule has 0 aliphatic carbocycles. The van der Waals surface area contributed by atoms with Crippen LogP contribution in [-0.4, -0.2) is 24.4 Å². The second-order valence-corrected chi connectivity index (χ2v) is 6.19. The molecule has 5 nitrogen and oxygen atoms in total. The number of benzene rings is 2. The van der Waals surface area contributed by atoms with Crippen LogP contribution in [0.25, 0.3) is 0 Å². The summed E-state index contributed by atoms with van der Waals surface area (Å²) < 4.78 is 4.94. The van der Waals surface area contributed by atoms with Crippen molar-refractivity contribution in [2.45, 2.75) is 0 Å². The van der Waals surface area contributed by atoms with Crippen LogP contribution in [-0.2, 0) is 4.74 Å². The minimum Gasteiger partial charge on any atom is -0.456 e. The molecular formula is C18H11Cl2NO4. The second-order valence-electron chi connectivity index (χ2n) is 5.25. The Morgan fingerprint density at radius 1 is 1.08 bits per heavy atom. The number of carbonyl (C=O) groups excluding carboxylic acids is 3. The molecular weight excluding hydrogens is 365 g/mol. The molecule has 1 aliphatic heterocycles. The number of amides is 2. The van der Waals surface area contributed by atoms with E-state index in [4.69, 9.17) is 27.9 Å². The molecule has 0 N–H and O–H groups in total. The molecule has 2 aromatic carbocycles. The van der Waals surface area contributed by atoms with Gasteiger partial charge in [0.1, 0.15) is 6.61 Å². The first-order valence-electron chi connectivity index (χ1n) is 7.18. The van der Waals surface area contributed by atoms with E-state index in [0.29, 0.717) is 0 Å². The van der Waals surface area contributed by atoms with Crippen molar-refractivity contribution >= 4 is 46.7 Å². The van der Waals surface area contributed by atoms with Crippen LogP contribution in [0.5, 0.6) is 0 Å². The lowest BCUT2D eigenvalue weighted by Crippen LogP contribution is -2.29. The maximum Gasteiger partial charge on any atom is 0.338 e. The van der Waals surface area contributed by atoms with Gasteiger partial charge in [0.05, 0.1) is 27.4 Å². The van der Waals surface area contributed by atoms with Gasteiger partial charge in [-0.2, -0.15) is 0 Å². The Kier molecular flexibility index (Phi) is 4.61. The van der Waals surface area contributed by atoms with Gasteiger partial charge in [0.2, 0.25) is 0 Å². The molecule has 25 heavy (non-hydrogen) atoms. The maximum atomic E-state index is 12.7. The number of ether oxygens (including phenoxy) is 1. The molecule has 0 aromatic heterocycles. The maximum absolute atomic E-state index is 12.7. The van der Waals surface area contributed by atoms with Crippen LogP contribution in [0, 0.1) is 0 Å². The van der Waals surface area contributed by atoms with Crippen LogP contribution in [0.1, 0.15) is 31.1 Å². The van der Waals surface area contributed by atoms with Crippen molar-refractivity contribution in [3.05, 3.63) is 75.8 Å². The number of para-hydroxylation sites is 1. The van der Waals surface area contributed by atoms with Crippen molar-refractivity contribution in [3.63, 3.8) is 0 Å². The van der Waals surface area contributed by atoms with E-state index >= 15 is 0 Å². The summed E-state index contributed by atoms with van der Waals surface area (Å²) in [7, 11) is 0. The number of esters is 1. The van der Waals surface area contributed by atoms with E-state index in [1.54, 1.807) is 24.3 Å². The van der Waals surface area contributed by atoms with E-state index in [2.05, 4.69) is 6.58 Å². The Morgan fingerprint density at radius 2 is 1.76 bits per heavy atom. The third kappa shape index (κ3) is 3.16. The number of rotatable bonds is 4. The van der Waals surface area contributed by atoms with Crippen molar-refractivity contribution in [2.75, 3.05) is 11.5 Å². The third-order valence-corrected chi connectivity index (χ3v) is 4.00. The summed E-state index contributed by atoms with van der Waals surface area (Å²) in [6, 6.07) is 10.7. The zero-order valence-corrected chi connectivity index (χ0v) is 14.3. The van der Waals surface area contributed by atoms with E-state index in [1.807, 2.05) is 0 Å². The summed E-state index contributed by atoms with van der Waals surface area (Å²) >= 11 is 11.6. The SMILES string of the molecule is C=C(Cl)COC(=O)c1ccc2c(c1)C(=O)N(c1ccccc1Cl)C2=O. The van der Waals surface area contributed by atoms with E-state index < -0.39 is 17.8 Å². The highest BCUT2D eigenvalue weighted by molar-refractivity contribution is 6.39. The number of imide groups is 1. The average molecular weight is 376 g/mol. The summed E-state index contributed by atoms with van der Waals surface area (Å²) in [5.41, 5.74) is 0.740. The zero-order chi connectivity index (χ0) is 18.1. The molecule has 0 fully saturated rings. The predicted octanol–water partition coefficient (Wildman–Crippen LogP) is 4.05. The van der Waals surface area contributed by atoms with Crippen molar-refractivity contribution in [3.8, 4) is 0 Å². The highest BCUT2D eigenvalue weighted by Gasteiger charge is 2.38. The fraction of sp³-hybridized carbons (Fsp3) is 0.0556. The lowest BCUT2D eigenvalue weighted by atomic mass is 10.1. The monoisotopic (exact) mass is 375 g/mol. The molecule has 2 aromatic rings. The minimum absolute atomic E-state index is 0.115. The first-order chi connectivity index (χ1) is 11.9. The largest absolute Gasteiger partial charge is 0.456 e. The first kappa shape index (κ1) is 17.2. The van der Waals surface area contributed by atoms with Crippen molar-refractivity contribution in [1.29, 1.82) is 0 Å². The molecule has 1 heterocycles. The van der Waals surface area contributed by atoms with Gasteiger partial charge in [0, 0.05) is 5.03 Å². The number of halogens is 2. The molecule has 0 spiro atoms. The second kappa shape index (κ2) is 6.70. The van der Waals surface area contributed by atoms with Gasteiger partial charge in [-0.05, 0) is 30.3 Å². The molecule has 0 saturated heterocycles. The van der Waals surface area contributed by atoms with Gasteiger partial charge in [0.25, 0.3) is 11.8 Å². The molecule has 1 aliphatic rings. The lowest BCUT2D eigenvalue weighted by molar-refractivity contribution is 0.0546. The molecule has 126 valence electrons. The predicted molar refractivity (Wildman–Crippen MR) is 94.3 cm³/mol. The third-order valence-electron chi connectivity index (χ3n) is 3.58. The van der Waals surface area contributed by atoms with Crippen LogP contribution in [0.4, 0.5) is 5.69 Å². The van der Waals surface area contributed by atoms with E-state index in [0.717, 1.165) is 4.90 Å². The van der Waals surface area contributed by atoms with Gasteiger partial charge in [-0.15, -0.1) is 0 Å². The van der Waals surface area contributed by atoms with Crippen molar-refractivity contribution in [1.82, 2.24) is 0 Å². The van der Waals surface area contributed by atoms with Crippen molar-refractivity contribution in [2.24, 2.45) is 0 Å². The molecule has 3 rings (SSSR count). The van der Waals surface area contributed by atoms with Gasteiger partial charge in [-0.25, -0.2) is 9.69 Å².